The molecule has 1 aliphatic rings. The summed E-state index contributed by atoms with van der Waals surface area (Å²) in [5.41, 5.74) is 3.58. The van der Waals surface area contributed by atoms with E-state index in [9.17, 15) is 0 Å². The van der Waals surface area contributed by atoms with Gasteiger partial charge >= 0.3 is 0 Å². The molecule has 1 aliphatic heterocycles. The first-order valence-corrected chi connectivity index (χ1v) is 14.2. The summed E-state index contributed by atoms with van der Waals surface area (Å²) in [7, 11) is 5.06. The quantitative estimate of drug-likeness (QED) is 0.209. The summed E-state index contributed by atoms with van der Waals surface area (Å²) in [5, 5.41) is 6.15. The van der Waals surface area contributed by atoms with Crippen molar-refractivity contribution in [2.75, 3.05) is 21.3 Å². The van der Waals surface area contributed by atoms with E-state index in [-0.39, 0.29) is 0 Å². The second-order valence-electron chi connectivity index (χ2n) is 10.7. The predicted molar refractivity (Wildman–Crippen MR) is 172 cm³/mol. The highest BCUT2D eigenvalue weighted by Gasteiger charge is 2.39. The van der Waals surface area contributed by atoms with E-state index in [1.165, 1.54) is 0 Å². The van der Waals surface area contributed by atoms with Crippen LogP contribution in [0.25, 0.3) is 49.6 Å². The lowest BCUT2D eigenvalue weighted by Gasteiger charge is -2.36. The van der Waals surface area contributed by atoms with Gasteiger partial charge in [0, 0.05) is 38.1 Å². The molecule has 0 N–H and O–H groups in total. The van der Waals surface area contributed by atoms with Crippen LogP contribution in [0, 0.1) is 0 Å². The zero-order chi connectivity index (χ0) is 29.1. The standard InChI is InChI=1S/C38H28O5/c1-39-25-16-12-23(13-17-25)38(24-14-18-26(40-2)19-15-24)21-20-31-36(43-38)30-11-7-5-9-28(30)34-32-22-33(41-3)27-8-4-6-10-29(27)35(32)42-37(31)34/h4-22H,1-3H3. The van der Waals surface area contributed by atoms with Crippen LogP contribution in [-0.4, -0.2) is 21.3 Å². The van der Waals surface area contributed by atoms with Crippen molar-refractivity contribution in [2.24, 2.45) is 0 Å². The summed E-state index contributed by atoms with van der Waals surface area (Å²) in [6.07, 6.45) is 4.27. The highest BCUT2D eigenvalue weighted by atomic mass is 16.5. The average Bonchev–Trinajstić information content (AvgIpc) is 3.48. The molecule has 1 aromatic heterocycles. The van der Waals surface area contributed by atoms with Crippen molar-refractivity contribution in [1.29, 1.82) is 0 Å². The van der Waals surface area contributed by atoms with E-state index in [1.807, 2.05) is 36.4 Å². The minimum absolute atomic E-state index is 0.771. The largest absolute Gasteiger partial charge is 0.497 e. The van der Waals surface area contributed by atoms with Crippen LogP contribution in [-0.2, 0) is 5.60 Å². The fraction of sp³-hybridized carbons (Fsp3) is 0.105. The van der Waals surface area contributed by atoms with Crippen LogP contribution >= 0.6 is 0 Å². The van der Waals surface area contributed by atoms with Crippen molar-refractivity contribution < 1.29 is 23.4 Å². The lowest BCUT2D eigenvalue weighted by Crippen LogP contribution is -2.34. The summed E-state index contributed by atoms with van der Waals surface area (Å²) < 4.78 is 30.8. The Hall–Kier alpha value is -5.42. The number of rotatable bonds is 5. The Morgan fingerprint density at radius 3 is 1.74 bits per heavy atom. The second-order valence-corrected chi connectivity index (χ2v) is 10.7. The molecule has 0 aliphatic carbocycles. The van der Waals surface area contributed by atoms with Crippen molar-refractivity contribution >= 4 is 49.6 Å². The fourth-order valence-corrected chi connectivity index (χ4v) is 6.47. The first-order valence-electron chi connectivity index (χ1n) is 14.2. The maximum atomic E-state index is 7.24. The zero-order valence-corrected chi connectivity index (χ0v) is 24.0. The molecule has 0 saturated heterocycles. The normalized spacial score (nSPS) is 13.7. The van der Waals surface area contributed by atoms with Gasteiger partial charge in [-0.2, -0.15) is 0 Å². The Labute approximate surface area is 248 Å². The Bertz CT molecular complexity index is 2160. The first-order chi connectivity index (χ1) is 21.1. The maximum Gasteiger partial charge on any atom is 0.178 e. The molecule has 8 rings (SSSR count). The molecule has 0 bridgehead atoms. The van der Waals surface area contributed by atoms with Gasteiger partial charge < -0.3 is 23.4 Å². The van der Waals surface area contributed by atoms with E-state index in [2.05, 4.69) is 78.9 Å². The van der Waals surface area contributed by atoms with Gasteiger partial charge in [-0.25, -0.2) is 0 Å². The van der Waals surface area contributed by atoms with Crippen molar-refractivity contribution in [3.05, 3.63) is 126 Å². The SMILES string of the molecule is COc1ccc(C2(c3ccc(OC)cc3)C=Cc3c(c4ccccc4c4c3oc3c5ccccc5c(OC)cc34)O2)cc1. The number of fused-ring (bicyclic) bond motifs is 10. The summed E-state index contributed by atoms with van der Waals surface area (Å²) in [5.74, 6) is 3.15. The molecule has 0 fully saturated rings. The van der Waals surface area contributed by atoms with Crippen LogP contribution in [0.3, 0.4) is 0 Å². The molecule has 0 saturated carbocycles. The molecular weight excluding hydrogens is 536 g/mol. The Balaban J connectivity index is 1.45. The Morgan fingerprint density at radius 1 is 0.558 bits per heavy atom. The van der Waals surface area contributed by atoms with E-state index >= 15 is 0 Å². The van der Waals surface area contributed by atoms with Crippen LogP contribution in [0.1, 0.15) is 16.7 Å². The molecule has 0 spiro atoms. The monoisotopic (exact) mass is 564 g/mol. The molecule has 2 heterocycles. The van der Waals surface area contributed by atoms with Gasteiger partial charge in [0.05, 0.1) is 26.9 Å². The molecule has 6 aromatic carbocycles. The van der Waals surface area contributed by atoms with Gasteiger partial charge in [0.15, 0.2) is 5.60 Å². The number of benzene rings is 6. The van der Waals surface area contributed by atoms with E-state index in [4.69, 9.17) is 23.4 Å². The summed E-state index contributed by atoms with van der Waals surface area (Å²) >= 11 is 0. The third-order valence-electron chi connectivity index (χ3n) is 8.59. The molecule has 0 amide bonds. The minimum Gasteiger partial charge on any atom is -0.497 e. The number of methoxy groups -OCH3 is 3. The van der Waals surface area contributed by atoms with Crippen LogP contribution in [0.5, 0.6) is 23.0 Å². The molecule has 5 heteroatoms. The fourth-order valence-electron chi connectivity index (χ4n) is 6.47. The van der Waals surface area contributed by atoms with Crippen molar-refractivity contribution in [1.82, 2.24) is 0 Å². The summed E-state index contributed by atoms with van der Waals surface area (Å²) in [6, 6.07) is 34.7. The number of hydrogen-bond acceptors (Lipinski definition) is 5. The average molecular weight is 565 g/mol. The molecule has 0 unspecified atom stereocenters. The van der Waals surface area contributed by atoms with E-state index in [1.54, 1.807) is 21.3 Å². The maximum absolute atomic E-state index is 7.24. The van der Waals surface area contributed by atoms with Gasteiger partial charge in [-0.05, 0) is 47.9 Å². The molecule has 5 nitrogen and oxygen atoms in total. The van der Waals surface area contributed by atoms with Crippen LogP contribution in [0.4, 0.5) is 0 Å². The van der Waals surface area contributed by atoms with Crippen molar-refractivity contribution in [2.45, 2.75) is 5.60 Å². The lowest BCUT2D eigenvalue weighted by atomic mass is 9.83. The molecule has 7 aromatic rings. The van der Waals surface area contributed by atoms with Gasteiger partial charge in [-0.3, -0.25) is 0 Å². The van der Waals surface area contributed by atoms with Crippen LogP contribution in [0.15, 0.2) is 114 Å². The van der Waals surface area contributed by atoms with Gasteiger partial charge in [0.25, 0.3) is 0 Å². The van der Waals surface area contributed by atoms with Gasteiger partial charge in [-0.15, -0.1) is 0 Å². The van der Waals surface area contributed by atoms with Gasteiger partial charge in [0.2, 0.25) is 0 Å². The predicted octanol–water partition coefficient (Wildman–Crippen LogP) is 9.27. The molecule has 210 valence electrons. The summed E-state index contributed by atoms with van der Waals surface area (Å²) in [6.45, 7) is 0. The third kappa shape index (κ3) is 3.64. The Morgan fingerprint density at radius 2 is 1.14 bits per heavy atom. The zero-order valence-electron chi connectivity index (χ0n) is 24.0. The minimum atomic E-state index is -0.899. The topological polar surface area (TPSA) is 50.1 Å². The van der Waals surface area contributed by atoms with Crippen LogP contribution < -0.4 is 18.9 Å². The third-order valence-corrected chi connectivity index (χ3v) is 8.59. The van der Waals surface area contributed by atoms with E-state index < -0.39 is 5.60 Å². The highest BCUT2D eigenvalue weighted by Crippen LogP contribution is 2.51. The van der Waals surface area contributed by atoms with Crippen molar-refractivity contribution in [3.8, 4) is 23.0 Å². The smallest absolute Gasteiger partial charge is 0.178 e. The number of hydrogen-bond donors (Lipinski definition) is 0. The molecular formula is C38H28O5. The molecule has 0 atom stereocenters. The number of furan rings is 1. The van der Waals surface area contributed by atoms with Crippen LogP contribution in [0.2, 0.25) is 0 Å². The molecule has 0 radical (unpaired) electrons. The second kappa shape index (κ2) is 9.57. The van der Waals surface area contributed by atoms with E-state index in [0.717, 1.165) is 83.2 Å². The highest BCUT2D eigenvalue weighted by molar-refractivity contribution is 6.26. The van der Waals surface area contributed by atoms with Gasteiger partial charge in [0.1, 0.15) is 34.2 Å². The summed E-state index contributed by atoms with van der Waals surface area (Å²) in [4.78, 5) is 0. The number of ether oxygens (including phenoxy) is 4. The van der Waals surface area contributed by atoms with E-state index in [0.29, 0.717) is 0 Å². The van der Waals surface area contributed by atoms with Crippen molar-refractivity contribution in [3.63, 3.8) is 0 Å². The lowest BCUT2D eigenvalue weighted by molar-refractivity contribution is 0.163. The Kier molecular flexibility index (Phi) is 5.63. The first kappa shape index (κ1) is 25.3. The van der Waals surface area contributed by atoms with Gasteiger partial charge in [-0.1, -0.05) is 72.8 Å². The molecule has 43 heavy (non-hydrogen) atoms.